The third-order valence-corrected chi connectivity index (χ3v) is 6.68. The third-order valence-electron chi connectivity index (χ3n) is 6.68. The normalized spacial score (nSPS) is 16.5. The van der Waals surface area contributed by atoms with E-state index in [4.69, 9.17) is 9.47 Å². The highest BCUT2D eigenvalue weighted by atomic mass is 16.5. The van der Waals surface area contributed by atoms with Crippen molar-refractivity contribution in [2.75, 3.05) is 14.2 Å². The Morgan fingerprint density at radius 2 is 1.64 bits per heavy atom. The summed E-state index contributed by atoms with van der Waals surface area (Å²) >= 11 is 0. The number of rotatable bonds is 11. The summed E-state index contributed by atoms with van der Waals surface area (Å²) in [6.45, 7) is 3.88. The first kappa shape index (κ1) is 27.6. The van der Waals surface area contributed by atoms with Gasteiger partial charge in [0, 0.05) is 23.5 Å². The lowest BCUT2D eigenvalue weighted by atomic mass is 9.75. The molecule has 0 aromatic heterocycles. The number of hydrogen-bond acceptors (Lipinski definition) is 6. The topological polar surface area (TPSA) is 117 Å². The molecular weight excluding hydrogens is 459 g/mol. The molecule has 0 spiro atoms. The van der Waals surface area contributed by atoms with Crippen molar-refractivity contribution in [3.05, 3.63) is 59.2 Å². The fraction of sp³-hybridized carbons (Fsp3) is 0.481. The molecule has 0 heterocycles. The lowest BCUT2D eigenvalue weighted by molar-refractivity contribution is -0.131. The van der Waals surface area contributed by atoms with Crippen LogP contribution in [0.25, 0.3) is 0 Å². The molecule has 8 nitrogen and oxygen atoms in total. The number of fused-ring (bicyclic) bond motifs is 1. The van der Waals surface area contributed by atoms with E-state index in [0.29, 0.717) is 25.7 Å². The molecule has 4 N–H and O–H groups in total. The maximum atomic E-state index is 13.4. The standard InChI is InChI=1S/C27H37BN2O6/c1-17(2)14-25(28(33)34)30-27(32)22(15-18-8-6-5-7-9-18)29-26(31)19-10-11-20-21(16-19)24(36-4)13-12-23(20)35-3/h5-9,12-13,17,19,22,25,33-34H,10-11,14-16H2,1-4H3,(H,29,31)(H,30,32)/t19?,22-,25-/m0/s1. The number of carbonyl (C=O) groups is 2. The summed E-state index contributed by atoms with van der Waals surface area (Å²) in [5.41, 5.74) is 2.89. The van der Waals surface area contributed by atoms with Crippen LogP contribution >= 0.6 is 0 Å². The predicted molar refractivity (Wildman–Crippen MR) is 139 cm³/mol. The number of methoxy groups -OCH3 is 2. The highest BCUT2D eigenvalue weighted by Crippen LogP contribution is 2.38. The van der Waals surface area contributed by atoms with Gasteiger partial charge in [-0.25, -0.2) is 0 Å². The first-order chi connectivity index (χ1) is 17.2. The molecule has 3 atom stereocenters. The van der Waals surface area contributed by atoms with Gasteiger partial charge in [0.15, 0.2) is 0 Å². The third kappa shape index (κ3) is 7.01. The van der Waals surface area contributed by atoms with E-state index in [9.17, 15) is 19.6 Å². The number of amides is 2. The minimum atomic E-state index is -1.69. The van der Waals surface area contributed by atoms with Crippen LogP contribution in [0.2, 0.25) is 0 Å². The molecule has 2 aromatic rings. The number of nitrogens with one attached hydrogen (secondary N) is 2. The van der Waals surface area contributed by atoms with Crippen LogP contribution in [0.15, 0.2) is 42.5 Å². The van der Waals surface area contributed by atoms with Gasteiger partial charge in [-0.2, -0.15) is 0 Å². The molecule has 1 unspecified atom stereocenters. The molecule has 0 radical (unpaired) electrons. The quantitative estimate of drug-likeness (QED) is 0.354. The van der Waals surface area contributed by atoms with E-state index in [2.05, 4.69) is 10.6 Å². The summed E-state index contributed by atoms with van der Waals surface area (Å²) in [6.07, 6.45) is 2.45. The zero-order valence-corrected chi connectivity index (χ0v) is 21.5. The van der Waals surface area contributed by atoms with Gasteiger partial charge in [0.25, 0.3) is 0 Å². The minimum Gasteiger partial charge on any atom is -0.496 e. The van der Waals surface area contributed by atoms with Crippen LogP contribution in [0, 0.1) is 11.8 Å². The van der Waals surface area contributed by atoms with Gasteiger partial charge >= 0.3 is 7.12 Å². The highest BCUT2D eigenvalue weighted by Gasteiger charge is 2.33. The lowest BCUT2D eigenvalue weighted by Gasteiger charge is -2.29. The Balaban J connectivity index is 1.78. The lowest BCUT2D eigenvalue weighted by Crippen LogP contribution is -2.55. The van der Waals surface area contributed by atoms with Gasteiger partial charge in [-0.3, -0.25) is 9.59 Å². The van der Waals surface area contributed by atoms with Crippen LogP contribution < -0.4 is 20.1 Å². The number of hydrogen-bond donors (Lipinski definition) is 4. The summed E-state index contributed by atoms with van der Waals surface area (Å²) in [7, 11) is 1.54. The molecule has 1 aliphatic rings. The smallest absolute Gasteiger partial charge is 0.475 e. The largest absolute Gasteiger partial charge is 0.496 e. The zero-order valence-electron chi connectivity index (χ0n) is 21.5. The minimum absolute atomic E-state index is 0.147. The molecule has 1 aliphatic carbocycles. The molecule has 9 heteroatoms. The summed E-state index contributed by atoms with van der Waals surface area (Å²) in [6, 6.07) is 12.3. The first-order valence-corrected chi connectivity index (χ1v) is 12.5. The molecule has 194 valence electrons. The molecule has 2 amide bonds. The molecule has 36 heavy (non-hydrogen) atoms. The van der Waals surface area contributed by atoms with Crippen LogP contribution in [0.5, 0.6) is 11.5 Å². The van der Waals surface area contributed by atoms with Gasteiger partial charge in [-0.1, -0.05) is 44.2 Å². The Labute approximate surface area is 213 Å². The van der Waals surface area contributed by atoms with Gasteiger partial charge < -0.3 is 30.2 Å². The average molecular weight is 496 g/mol. The maximum Gasteiger partial charge on any atom is 0.475 e. The van der Waals surface area contributed by atoms with Crippen molar-refractivity contribution in [3.8, 4) is 11.5 Å². The van der Waals surface area contributed by atoms with Gasteiger partial charge in [-0.15, -0.1) is 0 Å². The van der Waals surface area contributed by atoms with Crippen molar-refractivity contribution < 1.29 is 29.1 Å². The average Bonchev–Trinajstić information content (AvgIpc) is 2.87. The number of benzene rings is 2. The Hall–Kier alpha value is -3.04. The summed E-state index contributed by atoms with van der Waals surface area (Å²) in [5, 5.41) is 25.2. The highest BCUT2D eigenvalue weighted by molar-refractivity contribution is 6.43. The monoisotopic (exact) mass is 496 g/mol. The van der Waals surface area contributed by atoms with Crippen molar-refractivity contribution in [2.45, 2.75) is 57.9 Å². The van der Waals surface area contributed by atoms with Gasteiger partial charge in [0.2, 0.25) is 11.8 Å². The molecule has 0 bridgehead atoms. The second-order valence-corrected chi connectivity index (χ2v) is 9.78. The Bertz CT molecular complexity index is 1030. The van der Waals surface area contributed by atoms with E-state index >= 15 is 0 Å². The van der Waals surface area contributed by atoms with Gasteiger partial charge in [-0.05, 0) is 49.3 Å². The molecule has 2 aromatic carbocycles. The fourth-order valence-electron chi connectivity index (χ4n) is 4.82. The molecule has 0 saturated carbocycles. The second kappa shape index (κ2) is 12.8. The van der Waals surface area contributed by atoms with E-state index in [1.165, 1.54) is 0 Å². The second-order valence-electron chi connectivity index (χ2n) is 9.78. The van der Waals surface area contributed by atoms with Gasteiger partial charge in [0.1, 0.15) is 17.5 Å². The molecule has 0 fully saturated rings. The van der Waals surface area contributed by atoms with Crippen molar-refractivity contribution in [3.63, 3.8) is 0 Å². The molecular formula is C27H37BN2O6. The van der Waals surface area contributed by atoms with E-state index in [1.54, 1.807) is 14.2 Å². The van der Waals surface area contributed by atoms with E-state index in [-0.39, 0.29) is 24.2 Å². The van der Waals surface area contributed by atoms with Gasteiger partial charge in [0.05, 0.1) is 20.2 Å². The summed E-state index contributed by atoms with van der Waals surface area (Å²) in [4.78, 5) is 26.7. The van der Waals surface area contributed by atoms with E-state index in [0.717, 1.165) is 28.2 Å². The summed E-state index contributed by atoms with van der Waals surface area (Å²) in [5.74, 6) is -0.174. The summed E-state index contributed by atoms with van der Waals surface area (Å²) < 4.78 is 11.0. The van der Waals surface area contributed by atoms with Crippen molar-refractivity contribution >= 4 is 18.9 Å². The van der Waals surface area contributed by atoms with Crippen LogP contribution in [0.1, 0.15) is 43.4 Å². The number of carbonyl (C=O) groups excluding carboxylic acids is 2. The Morgan fingerprint density at radius 1 is 1.00 bits per heavy atom. The first-order valence-electron chi connectivity index (χ1n) is 12.5. The Kier molecular flexibility index (Phi) is 9.78. The van der Waals surface area contributed by atoms with E-state index in [1.807, 2.05) is 56.3 Å². The number of ether oxygens (including phenoxy) is 2. The van der Waals surface area contributed by atoms with Crippen LogP contribution in [0.4, 0.5) is 0 Å². The fourth-order valence-corrected chi connectivity index (χ4v) is 4.82. The molecule has 0 aliphatic heterocycles. The Morgan fingerprint density at radius 3 is 2.22 bits per heavy atom. The van der Waals surface area contributed by atoms with Crippen LogP contribution in [0.3, 0.4) is 0 Å². The van der Waals surface area contributed by atoms with E-state index < -0.39 is 25.0 Å². The van der Waals surface area contributed by atoms with Crippen molar-refractivity contribution in [2.24, 2.45) is 11.8 Å². The van der Waals surface area contributed by atoms with Crippen LogP contribution in [-0.4, -0.2) is 55.2 Å². The predicted octanol–water partition coefficient (Wildman–Crippen LogP) is 2.08. The maximum absolute atomic E-state index is 13.4. The van der Waals surface area contributed by atoms with Crippen molar-refractivity contribution in [1.82, 2.24) is 10.6 Å². The molecule has 3 rings (SSSR count). The SMILES string of the molecule is COc1ccc(OC)c2c1CCC(C(=O)N[C@@H](Cc1ccccc1)C(=O)N[C@@H](CC(C)C)B(O)O)C2. The zero-order chi connectivity index (χ0) is 26.2. The van der Waals surface area contributed by atoms with Crippen molar-refractivity contribution in [1.29, 1.82) is 0 Å². The van der Waals surface area contributed by atoms with Crippen LogP contribution in [-0.2, 0) is 28.9 Å². The molecule has 0 saturated heterocycles.